The zero-order valence-electron chi connectivity index (χ0n) is 18.9. The van der Waals surface area contributed by atoms with Crippen LogP contribution in [0.5, 0.6) is 0 Å². The van der Waals surface area contributed by atoms with Gasteiger partial charge in [0.05, 0.1) is 0 Å². The van der Waals surface area contributed by atoms with Crippen molar-refractivity contribution in [2.24, 2.45) is 0 Å². The summed E-state index contributed by atoms with van der Waals surface area (Å²) in [5.74, 6) is 0. The van der Waals surface area contributed by atoms with E-state index in [1.807, 2.05) is 30.3 Å². The monoisotopic (exact) mass is 471 g/mol. The minimum absolute atomic E-state index is 0.465. The van der Waals surface area contributed by atoms with E-state index in [2.05, 4.69) is 83.8 Å². The molecule has 0 aliphatic heterocycles. The van der Waals surface area contributed by atoms with Crippen molar-refractivity contribution in [1.82, 2.24) is 0 Å². The zero-order valence-corrected chi connectivity index (χ0v) is 19.7. The summed E-state index contributed by atoms with van der Waals surface area (Å²) in [4.78, 5) is 2.20. The van der Waals surface area contributed by atoms with Crippen LogP contribution in [0.1, 0.15) is 0 Å². The van der Waals surface area contributed by atoms with Crippen LogP contribution in [-0.2, 0) is 0 Å². The molecule has 5 aromatic carbocycles. The molecule has 0 fully saturated rings. The Morgan fingerprint density at radius 3 is 1.80 bits per heavy atom. The first-order valence-electron chi connectivity index (χ1n) is 11.5. The van der Waals surface area contributed by atoms with Crippen LogP contribution >= 0.6 is 11.3 Å². The highest BCUT2D eigenvalue weighted by Crippen LogP contribution is 2.40. The molecule has 2 N–H and O–H groups in total. The second-order valence-electron chi connectivity index (χ2n) is 8.49. The lowest BCUT2D eigenvalue weighted by atomic mass is 9.80. The summed E-state index contributed by atoms with van der Waals surface area (Å²) >= 11 is 1.80. The summed E-state index contributed by atoms with van der Waals surface area (Å²) < 4.78 is 2.53. The van der Waals surface area contributed by atoms with Crippen LogP contribution in [-0.4, -0.2) is 17.2 Å². The third-order valence-electron chi connectivity index (χ3n) is 6.30. The van der Waals surface area contributed by atoms with Crippen LogP contribution < -0.4 is 10.4 Å². The van der Waals surface area contributed by atoms with Gasteiger partial charge in [0.2, 0.25) is 0 Å². The molecule has 5 heteroatoms. The number of anilines is 3. The molecule has 6 rings (SSSR count). The van der Waals surface area contributed by atoms with E-state index in [-0.39, 0.29) is 0 Å². The molecular formula is C30H22BNO2S. The van der Waals surface area contributed by atoms with Gasteiger partial charge < -0.3 is 14.9 Å². The molecule has 3 nitrogen and oxygen atoms in total. The smallest absolute Gasteiger partial charge is 0.423 e. The maximum atomic E-state index is 9.56. The van der Waals surface area contributed by atoms with Crippen molar-refractivity contribution in [2.45, 2.75) is 0 Å². The second kappa shape index (κ2) is 9.04. The fraction of sp³-hybridized carbons (Fsp3) is 0. The first kappa shape index (κ1) is 21.6. The molecule has 6 aromatic rings. The lowest BCUT2D eigenvalue weighted by molar-refractivity contribution is 0.426. The molecule has 168 valence electrons. The minimum atomic E-state index is -1.49. The molecular weight excluding hydrogens is 449 g/mol. The summed E-state index contributed by atoms with van der Waals surface area (Å²) in [6.45, 7) is 0. The molecule has 1 aromatic heterocycles. The summed E-state index contributed by atoms with van der Waals surface area (Å²) in [5.41, 5.74) is 5.82. The predicted octanol–water partition coefficient (Wildman–Crippen LogP) is 6.87. The number of thiophene rings is 1. The Balaban J connectivity index is 1.49. The van der Waals surface area contributed by atoms with Crippen LogP contribution in [0.2, 0.25) is 0 Å². The molecule has 0 aliphatic carbocycles. The number of hydrogen-bond donors (Lipinski definition) is 2. The molecule has 0 unspecified atom stereocenters. The van der Waals surface area contributed by atoms with Crippen molar-refractivity contribution in [1.29, 1.82) is 0 Å². The van der Waals surface area contributed by atoms with Gasteiger partial charge in [0, 0.05) is 37.2 Å². The largest absolute Gasteiger partial charge is 0.488 e. The zero-order chi connectivity index (χ0) is 23.8. The molecule has 1 heterocycles. The summed E-state index contributed by atoms with van der Waals surface area (Å²) in [7, 11) is -1.49. The standard InChI is InChI=1S/C30H22BNO2S/c33-31(34)23-12-16-25(17-13-23)32(24-14-10-22(11-15-24)21-6-2-1-3-7-21)26-18-19-30-28(20-26)27-8-4-5-9-29(27)35-30/h1-20,33-34H. The molecule has 0 saturated heterocycles. The van der Waals surface area contributed by atoms with E-state index >= 15 is 0 Å². The van der Waals surface area contributed by atoms with Crippen molar-refractivity contribution in [2.75, 3.05) is 4.90 Å². The molecule has 35 heavy (non-hydrogen) atoms. The highest BCUT2D eigenvalue weighted by atomic mass is 32.1. The first-order valence-corrected chi connectivity index (χ1v) is 12.3. The topological polar surface area (TPSA) is 43.7 Å². The van der Waals surface area contributed by atoms with Gasteiger partial charge in [0.1, 0.15) is 0 Å². The Kier molecular flexibility index (Phi) is 5.59. The fourth-order valence-electron chi connectivity index (χ4n) is 4.53. The van der Waals surface area contributed by atoms with E-state index in [4.69, 9.17) is 0 Å². The van der Waals surface area contributed by atoms with Crippen molar-refractivity contribution in [3.8, 4) is 11.1 Å². The van der Waals surface area contributed by atoms with Gasteiger partial charge in [-0.25, -0.2) is 0 Å². The van der Waals surface area contributed by atoms with Gasteiger partial charge in [-0.3, -0.25) is 0 Å². The minimum Gasteiger partial charge on any atom is -0.423 e. The van der Waals surface area contributed by atoms with E-state index < -0.39 is 7.12 Å². The third kappa shape index (κ3) is 4.11. The lowest BCUT2D eigenvalue weighted by Gasteiger charge is -2.26. The number of hydrogen-bond acceptors (Lipinski definition) is 4. The number of fused-ring (bicyclic) bond motifs is 3. The van der Waals surface area contributed by atoms with E-state index in [1.54, 1.807) is 23.5 Å². The van der Waals surface area contributed by atoms with E-state index in [0.29, 0.717) is 5.46 Å². The first-order chi connectivity index (χ1) is 17.2. The average molecular weight is 471 g/mol. The molecule has 0 bridgehead atoms. The van der Waals surface area contributed by atoms with Gasteiger partial charge in [0.15, 0.2) is 0 Å². The normalized spacial score (nSPS) is 11.1. The fourth-order valence-corrected chi connectivity index (χ4v) is 5.62. The van der Waals surface area contributed by atoms with Crippen molar-refractivity contribution in [3.05, 3.63) is 121 Å². The van der Waals surface area contributed by atoms with Gasteiger partial charge in [-0.05, 0) is 65.1 Å². The quantitative estimate of drug-likeness (QED) is 0.270. The SMILES string of the molecule is OB(O)c1ccc(N(c2ccc(-c3ccccc3)cc2)c2ccc3sc4ccccc4c3c2)cc1. The highest BCUT2D eigenvalue weighted by molar-refractivity contribution is 7.25. The number of rotatable bonds is 5. The molecule has 0 aliphatic rings. The van der Waals surface area contributed by atoms with Crippen molar-refractivity contribution in [3.63, 3.8) is 0 Å². The lowest BCUT2D eigenvalue weighted by Crippen LogP contribution is -2.29. The predicted molar refractivity (Wildman–Crippen MR) is 149 cm³/mol. The Morgan fingerprint density at radius 1 is 0.514 bits per heavy atom. The number of benzene rings is 5. The molecule has 0 spiro atoms. The number of nitrogens with zero attached hydrogens (tertiary/aromatic N) is 1. The van der Waals surface area contributed by atoms with E-state index in [0.717, 1.165) is 22.6 Å². The van der Waals surface area contributed by atoms with E-state index in [1.165, 1.54) is 25.7 Å². The summed E-state index contributed by atoms with van der Waals surface area (Å²) in [5, 5.41) is 21.6. The van der Waals surface area contributed by atoms with E-state index in [9.17, 15) is 10.0 Å². The summed E-state index contributed by atoms with van der Waals surface area (Å²) in [6.07, 6.45) is 0. The van der Waals surface area contributed by atoms with Gasteiger partial charge in [-0.15, -0.1) is 11.3 Å². The maximum Gasteiger partial charge on any atom is 0.488 e. The van der Waals surface area contributed by atoms with Crippen molar-refractivity contribution < 1.29 is 10.0 Å². The maximum absolute atomic E-state index is 9.56. The molecule has 0 saturated carbocycles. The Morgan fingerprint density at radius 2 is 1.09 bits per heavy atom. The average Bonchev–Trinajstić information content (AvgIpc) is 3.28. The van der Waals surface area contributed by atoms with Gasteiger partial charge in [-0.2, -0.15) is 0 Å². The van der Waals surface area contributed by atoms with Gasteiger partial charge >= 0.3 is 7.12 Å². The van der Waals surface area contributed by atoms with Gasteiger partial charge in [-0.1, -0.05) is 72.8 Å². The molecule has 0 atom stereocenters. The van der Waals surface area contributed by atoms with Crippen LogP contribution in [0.3, 0.4) is 0 Å². The van der Waals surface area contributed by atoms with Crippen molar-refractivity contribution >= 4 is 61.2 Å². The van der Waals surface area contributed by atoms with Crippen LogP contribution in [0.15, 0.2) is 121 Å². The van der Waals surface area contributed by atoms with Crippen LogP contribution in [0, 0.1) is 0 Å². The molecule has 0 amide bonds. The highest BCUT2D eigenvalue weighted by Gasteiger charge is 2.17. The summed E-state index contributed by atoms with van der Waals surface area (Å²) in [6, 6.07) is 41.3. The Labute approximate surface area is 208 Å². The Bertz CT molecular complexity index is 1610. The third-order valence-corrected chi connectivity index (χ3v) is 7.45. The van der Waals surface area contributed by atoms with Gasteiger partial charge in [0.25, 0.3) is 0 Å². The Hall–Kier alpha value is -3.90. The van der Waals surface area contributed by atoms with Crippen LogP contribution in [0.25, 0.3) is 31.3 Å². The van der Waals surface area contributed by atoms with Crippen LogP contribution in [0.4, 0.5) is 17.1 Å². The second-order valence-corrected chi connectivity index (χ2v) is 9.58. The molecule has 0 radical (unpaired) electrons.